The summed E-state index contributed by atoms with van der Waals surface area (Å²) >= 11 is 1.34. The Labute approximate surface area is 177 Å². The van der Waals surface area contributed by atoms with Gasteiger partial charge in [-0.25, -0.2) is 0 Å². The summed E-state index contributed by atoms with van der Waals surface area (Å²) in [5, 5.41) is 0. The maximum Gasteiger partial charge on any atom is 0.497 e. The second kappa shape index (κ2) is 21.8. The fraction of sp³-hybridized carbons (Fsp3) is 0.870. The fourth-order valence-corrected chi connectivity index (χ4v) is 3.48. The summed E-state index contributed by atoms with van der Waals surface area (Å²) in [4.78, 5) is 11.8. The van der Waals surface area contributed by atoms with Gasteiger partial charge in [-0.1, -0.05) is 103 Å². The van der Waals surface area contributed by atoms with E-state index >= 15 is 0 Å². The van der Waals surface area contributed by atoms with Crippen molar-refractivity contribution in [2.45, 2.75) is 123 Å². The average molecular weight is 396 g/mol. The van der Waals surface area contributed by atoms with Gasteiger partial charge in [-0.05, 0) is 13.3 Å². The van der Waals surface area contributed by atoms with E-state index in [0.29, 0.717) is 19.0 Å². The highest BCUT2D eigenvalue weighted by Gasteiger charge is 2.02. The number of carbonyl (C=O) groups is 1. The van der Waals surface area contributed by atoms with E-state index in [1.54, 1.807) is 0 Å². The summed E-state index contributed by atoms with van der Waals surface area (Å²) in [5.74, 6) is 0.452. The molecule has 0 unspecified atom stereocenters. The molecule has 0 heterocycles. The molecule has 0 amide bonds. The largest absolute Gasteiger partial charge is 0.624 e. The Morgan fingerprint density at radius 2 is 1.11 bits per heavy atom. The lowest BCUT2D eigenvalue weighted by atomic mass is 10.0. The molecule has 4 heteroatoms. The average Bonchev–Trinajstić information content (AvgIpc) is 2.67. The van der Waals surface area contributed by atoms with Crippen LogP contribution in [0.5, 0.6) is 0 Å². The highest BCUT2D eigenvalue weighted by molar-refractivity contribution is 5.99. The molecule has 3 nitrogen and oxygen atoms in total. The first-order valence-electron chi connectivity index (χ1n) is 11.5. The standard InChI is InChI=1S/C23H44O3.Al.H/c1-3-5-6-7-8-9-10-11-12-13-14-15-16-17-18-19-20-22(24)21-23(25)26-4-2;;/h21,25H,3-20H2,1-2H3;;/q;+1;/p-1. The lowest BCUT2D eigenvalue weighted by Gasteiger charge is -2.08. The molecule has 0 atom stereocenters. The molecule has 1 radical (unpaired) electrons. The first kappa shape index (κ1) is 26.5. The van der Waals surface area contributed by atoms with E-state index in [9.17, 15) is 4.79 Å². The summed E-state index contributed by atoms with van der Waals surface area (Å²) < 4.78 is 10.3. The molecular formula is C23H44AlO3. The van der Waals surface area contributed by atoms with Crippen LogP contribution in [0.3, 0.4) is 0 Å². The second-order valence-electron chi connectivity index (χ2n) is 7.56. The minimum absolute atomic E-state index is 0.107. The molecule has 0 bridgehead atoms. The molecule has 0 aromatic rings. The summed E-state index contributed by atoms with van der Waals surface area (Å²) in [6.07, 6.45) is 23.7. The highest BCUT2D eigenvalue weighted by atomic mass is 27.1. The zero-order chi connectivity index (χ0) is 20.0. The van der Waals surface area contributed by atoms with E-state index in [1.807, 2.05) is 6.92 Å². The summed E-state index contributed by atoms with van der Waals surface area (Å²) in [7, 11) is 0. The Bertz CT molecular complexity index is 356. The molecule has 0 N–H and O–H groups in total. The Morgan fingerprint density at radius 3 is 1.48 bits per heavy atom. The van der Waals surface area contributed by atoms with Gasteiger partial charge in [0, 0.05) is 6.42 Å². The number of allylic oxidation sites excluding steroid dienone is 1. The maximum absolute atomic E-state index is 11.8. The van der Waals surface area contributed by atoms with Crippen LogP contribution in [0.15, 0.2) is 12.0 Å². The van der Waals surface area contributed by atoms with Crippen molar-refractivity contribution in [2.75, 3.05) is 6.61 Å². The number of ether oxygens (including phenoxy) is 1. The molecule has 0 aliphatic rings. The lowest BCUT2D eigenvalue weighted by Crippen LogP contribution is -2.01. The molecule has 0 rings (SSSR count). The third-order valence-corrected chi connectivity index (χ3v) is 5.27. The van der Waals surface area contributed by atoms with Gasteiger partial charge in [0.1, 0.15) is 0 Å². The van der Waals surface area contributed by atoms with Crippen molar-refractivity contribution in [3.8, 4) is 0 Å². The Kier molecular flexibility index (Phi) is 21.5. The third kappa shape index (κ3) is 20.1. The van der Waals surface area contributed by atoms with Crippen LogP contribution in [0, 0.1) is 0 Å². The normalized spacial score (nSPS) is 11.6. The van der Waals surface area contributed by atoms with Crippen LogP contribution in [-0.2, 0) is 13.3 Å². The summed E-state index contributed by atoms with van der Waals surface area (Å²) in [5.41, 5.74) is 0. The van der Waals surface area contributed by atoms with Crippen molar-refractivity contribution in [3.63, 3.8) is 0 Å². The number of unbranched alkanes of at least 4 members (excludes halogenated alkanes) is 15. The Morgan fingerprint density at radius 1 is 0.704 bits per heavy atom. The van der Waals surface area contributed by atoms with Crippen LogP contribution in [0.4, 0.5) is 0 Å². The van der Waals surface area contributed by atoms with Gasteiger partial charge < -0.3 is 8.53 Å². The number of rotatable bonds is 21. The van der Waals surface area contributed by atoms with Gasteiger partial charge >= 0.3 is 16.6 Å². The molecular weight excluding hydrogens is 351 g/mol. The molecule has 0 saturated heterocycles. The van der Waals surface area contributed by atoms with Crippen molar-refractivity contribution in [2.24, 2.45) is 0 Å². The molecule has 0 aromatic heterocycles. The van der Waals surface area contributed by atoms with Gasteiger partial charge in [0.25, 0.3) is 0 Å². The molecule has 0 aliphatic heterocycles. The van der Waals surface area contributed by atoms with Crippen LogP contribution >= 0.6 is 0 Å². The second-order valence-corrected chi connectivity index (χ2v) is 7.85. The van der Waals surface area contributed by atoms with E-state index < -0.39 is 0 Å². The van der Waals surface area contributed by atoms with Crippen LogP contribution in [0.25, 0.3) is 0 Å². The summed E-state index contributed by atoms with van der Waals surface area (Å²) in [6.45, 7) is 4.69. The lowest BCUT2D eigenvalue weighted by molar-refractivity contribution is -0.115. The predicted octanol–water partition coefficient (Wildman–Crippen LogP) is 6.92. The number of ketones is 1. The maximum atomic E-state index is 11.8. The molecule has 0 spiro atoms. The number of hydrogen-bond acceptors (Lipinski definition) is 3. The number of hydrogen-bond donors (Lipinski definition) is 0. The van der Waals surface area contributed by atoms with Crippen molar-refractivity contribution in [3.05, 3.63) is 12.0 Å². The Hall–Kier alpha value is -0.458. The molecule has 0 aromatic carbocycles. The predicted molar refractivity (Wildman–Crippen MR) is 117 cm³/mol. The molecule has 0 fully saturated rings. The molecule has 157 valence electrons. The smallest absolute Gasteiger partial charge is 0.497 e. The number of carbonyl (C=O) groups excluding carboxylic acids is 1. The highest BCUT2D eigenvalue weighted by Crippen LogP contribution is 2.14. The van der Waals surface area contributed by atoms with Crippen molar-refractivity contribution >= 4 is 22.4 Å². The van der Waals surface area contributed by atoms with E-state index in [0.717, 1.165) is 12.8 Å². The van der Waals surface area contributed by atoms with Gasteiger partial charge in [-0.2, -0.15) is 0 Å². The van der Waals surface area contributed by atoms with Crippen LogP contribution in [0.1, 0.15) is 123 Å². The van der Waals surface area contributed by atoms with Gasteiger partial charge in [-0.15, -0.1) is 0 Å². The zero-order valence-electron chi connectivity index (χ0n) is 18.2. The van der Waals surface area contributed by atoms with Crippen molar-refractivity contribution in [1.82, 2.24) is 0 Å². The minimum Gasteiger partial charge on any atom is -0.624 e. The molecule has 0 saturated carbocycles. The van der Waals surface area contributed by atoms with Gasteiger partial charge in [-0.3, -0.25) is 4.79 Å². The third-order valence-electron chi connectivity index (χ3n) is 4.98. The van der Waals surface area contributed by atoms with Crippen LogP contribution < -0.4 is 0 Å². The molecule has 27 heavy (non-hydrogen) atoms. The van der Waals surface area contributed by atoms with Gasteiger partial charge in [0.2, 0.25) is 5.95 Å². The van der Waals surface area contributed by atoms with Gasteiger partial charge in [0.15, 0.2) is 5.78 Å². The SMILES string of the molecule is CCCCCCCCCCCCCCCCCCC(=O)C=C([O][AlH])OCC. The fourth-order valence-electron chi connectivity index (χ4n) is 3.32. The zero-order valence-corrected chi connectivity index (χ0v) is 19.7. The Balaban J connectivity index is 3.28. The van der Waals surface area contributed by atoms with Crippen molar-refractivity contribution < 1.29 is 13.3 Å². The first-order chi connectivity index (χ1) is 13.2. The van der Waals surface area contributed by atoms with E-state index in [-0.39, 0.29) is 5.78 Å². The van der Waals surface area contributed by atoms with Gasteiger partial charge in [0.05, 0.1) is 12.7 Å². The van der Waals surface area contributed by atoms with Crippen molar-refractivity contribution in [1.29, 1.82) is 0 Å². The van der Waals surface area contributed by atoms with Crippen LogP contribution in [0.2, 0.25) is 0 Å². The molecule has 0 aliphatic carbocycles. The summed E-state index contributed by atoms with van der Waals surface area (Å²) in [6, 6.07) is 0. The van der Waals surface area contributed by atoms with Crippen LogP contribution in [-0.4, -0.2) is 29.0 Å². The monoisotopic (exact) mass is 395 g/mol. The first-order valence-corrected chi connectivity index (χ1v) is 12.1. The minimum atomic E-state index is 0.107. The topological polar surface area (TPSA) is 35.5 Å². The van der Waals surface area contributed by atoms with E-state index in [1.165, 1.54) is 113 Å². The quantitative estimate of drug-likeness (QED) is 0.0916. The van der Waals surface area contributed by atoms with E-state index in [4.69, 9.17) is 8.53 Å². The van der Waals surface area contributed by atoms with E-state index in [2.05, 4.69) is 6.92 Å².